The van der Waals surface area contributed by atoms with E-state index in [0.29, 0.717) is 11.1 Å². The Kier molecular flexibility index (Phi) is 3.42. The predicted molar refractivity (Wildman–Crippen MR) is 78.0 cm³/mol. The number of aromatic hydroxyl groups is 2. The van der Waals surface area contributed by atoms with Crippen LogP contribution in [-0.4, -0.2) is 22.0 Å². The summed E-state index contributed by atoms with van der Waals surface area (Å²) in [6, 6.07) is 10.6. The van der Waals surface area contributed by atoms with Gasteiger partial charge in [0.2, 0.25) is 11.8 Å². The van der Waals surface area contributed by atoms with Gasteiger partial charge in [-0.2, -0.15) is 0 Å². The molecule has 2 aromatic rings. The Balaban J connectivity index is 1.82. The number of carbonyl (C=O) groups excluding carboxylic acids is 2. The molecule has 1 fully saturated rings. The van der Waals surface area contributed by atoms with E-state index in [-0.39, 0.29) is 23.3 Å². The van der Waals surface area contributed by atoms with Crippen molar-refractivity contribution in [3.8, 4) is 11.5 Å². The molecule has 22 heavy (non-hydrogen) atoms. The van der Waals surface area contributed by atoms with E-state index in [1.807, 2.05) is 0 Å². The maximum Gasteiger partial charge on any atom is 0.248 e. The standard InChI is InChI=1S/C16H14N2O4/c19-11-5-1-9(2-6-11)13-15(21)18-14(16(22)17-13)10-3-7-12(20)8-4-10/h1-8,13-14,19-20H,(H,17,22)(H,18,21). The predicted octanol–water partition coefficient (Wildman–Crippen LogP) is 1.13. The molecular weight excluding hydrogens is 284 g/mol. The number of piperazine rings is 1. The van der Waals surface area contributed by atoms with Crippen LogP contribution in [0.15, 0.2) is 48.5 Å². The van der Waals surface area contributed by atoms with Crippen LogP contribution in [0.3, 0.4) is 0 Å². The first-order chi connectivity index (χ1) is 10.5. The second-order valence-electron chi connectivity index (χ2n) is 5.07. The zero-order valence-electron chi connectivity index (χ0n) is 11.5. The van der Waals surface area contributed by atoms with E-state index < -0.39 is 12.1 Å². The lowest BCUT2D eigenvalue weighted by Gasteiger charge is -2.30. The zero-order valence-corrected chi connectivity index (χ0v) is 11.5. The van der Waals surface area contributed by atoms with Crippen LogP contribution in [0.4, 0.5) is 0 Å². The highest BCUT2D eigenvalue weighted by atomic mass is 16.3. The van der Waals surface area contributed by atoms with Crippen molar-refractivity contribution >= 4 is 11.8 Å². The Morgan fingerprint density at radius 1 is 0.636 bits per heavy atom. The summed E-state index contributed by atoms with van der Waals surface area (Å²) in [5.41, 5.74) is 1.18. The van der Waals surface area contributed by atoms with Gasteiger partial charge in [0, 0.05) is 0 Å². The molecule has 0 aromatic heterocycles. The summed E-state index contributed by atoms with van der Waals surface area (Å²) < 4.78 is 0. The fourth-order valence-corrected chi connectivity index (χ4v) is 2.39. The van der Waals surface area contributed by atoms with Gasteiger partial charge in [0.05, 0.1) is 0 Å². The lowest BCUT2D eigenvalue weighted by atomic mass is 9.98. The number of benzene rings is 2. The lowest BCUT2D eigenvalue weighted by Crippen LogP contribution is -2.52. The Hall–Kier alpha value is -3.02. The molecule has 3 rings (SSSR count). The molecule has 6 heteroatoms. The van der Waals surface area contributed by atoms with E-state index in [9.17, 15) is 19.8 Å². The molecule has 1 saturated heterocycles. The highest BCUT2D eigenvalue weighted by Crippen LogP contribution is 2.25. The monoisotopic (exact) mass is 298 g/mol. The van der Waals surface area contributed by atoms with Gasteiger partial charge in [-0.25, -0.2) is 0 Å². The van der Waals surface area contributed by atoms with E-state index in [0.717, 1.165) is 0 Å². The van der Waals surface area contributed by atoms with Crippen molar-refractivity contribution in [2.75, 3.05) is 0 Å². The number of phenolic OH excluding ortho intramolecular Hbond substituents is 2. The minimum Gasteiger partial charge on any atom is -0.508 e. The van der Waals surface area contributed by atoms with Gasteiger partial charge in [0.15, 0.2) is 0 Å². The Labute approximate surface area is 126 Å². The van der Waals surface area contributed by atoms with E-state index in [1.54, 1.807) is 24.3 Å². The van der Waals surface area contributed by atoms with Gasteiger partial charge in [-0.05, 0) is 35.4 Å². The summed E-state index contributed by atoms with van der Waals surface area (Å²) >= 11 is 0. The number of nitrogens with one attached hydrogen (secondary N) is 2. The molecule has 0 spiro atoms. The number of hydrogen-bond acceptors (Lipinski definition) is 4. The van der Waals surface area contributed by atoms with Crippen LogP contribution in [0.25, 0.3) is 0 Å². The van der Waals surface area contributed by atoms with Crippen molar-refractivity contribution in [1.29, 1.82) is 0 Å². The average Bonchev–Trinajstić information content (AvgIpc) is 2.51. The summed E-state index contributed by atoms with van der Waals surface area (Å²) in [5, 5.41) is 23.9. The maximum absolute atomic E-state index is 12.2. The van der Waals surface area contributed by atoms with Crippen LogP contribution in [0.2, 0.25) is 0 Å². The Bertz CT molecular complexity index is 646. The molecule has 0 saturated carbocycles. The third-order valence-electron chi connectivity index (χ3n) is 3.55. The van der Waals surface area contributed by atoms with Gasteiger partial charge in [0.25, 0.3) is 0 Å². The molecule has 4 N–H and O–H groups in total. The normalized spacial score (nSPS) is 21.1. The summed E-state index contributed by atoms with van der Waals surface area (Å²) in [7, 11) is 0. The molecule has 2 unspecified atom stereocenters. The third kappa shape index (κ3) is 2.58. The molecule has 6 nitrogen and oxygen atoms in total. The molecule has 0 radical (unpaired) electrons. The molecule has 0 aliphatic carbocycles. The summed E-state index contributed by atoms with van der Waals surface area (Å²) in [5.74, 6) is -0.478. The van der Waals surface area contributed by atoms with E-state index in [2.05, 4.69) is 10.6 Å². The van der Waals surface area contributed by atoms with Crippen LogP contribution in [0, 0.1) is 0 Å². The van der Waals surface area contributed by atoms with Gasteiger partial charge in [-0.15, -0.1) is 0 Å². The first-order valence-corrected chi connectivity index (χ1v) is 6.73. The Morgan fingerprint density at radius 2 is 0.955 bits per heavy atom. The van der Waals surface area contributed by atoms with Crippen molar-refractivity contribution < 1.29 is 19.8 Å². The molecule has 1 aliphatic heterocycles. The topological polar surface area (TPSA) is 98.7 Å². The molecule has 112 valence electrons. The zero-order chi connectivity index (χ0) is 15.7. The van der Waals surface area contributed by atoms with Crippen molar-refractivity contribution in [2.45, 2.75) is 12.1 Å². The second kappa shape index (κ2) is 5.40. The van der Waals surface area contributed by atoms with Gasteiger partial charge in [0.1, 0.15) is 23.6 Å². The van der Waals surface area contributed by atoms with Crippen LogP contribution in [0.1, 0.15) is 23.2 Å². The molecule has 2 aromatic carbocycles. The number of amides is 2. The molecular formula is C16H14N2O4. The van der Waals surface area contributed by atoms with E-state index in [4.69, 9.17) is 0 Å². The van der Waals surface area contributed by atoms with Crippen molar-refractivity contribution in [3.05, 3.63) is 59.7 Å². The lowest BCUT2D eigenvalue weighted by molar-refractivity contribution is -0.137. The SMILES string of the molecule is O=C1NC(c2ccc(O)cc2)C(=O)NC1c1ccc(O)cc1. The van der Waals surface area contributed by atoms with Gasteiger partial charge in [-0.1, -0.05) is 24.3 Å². The second-order valence-corrected chi connectivity index (χ2v) is 5.07. The average molecular weight is 298 g/mol. The fourth-order valence-electron chi connectivity index (χ4n) is 2.39. The molecule has 1 aliphatic rings. The highest BCUT2D eigenvalue weighted by molar-refractivity contribution is 5.98. The number of rotatable bonds is 2. The molecule has 1 heterocycles. The van der Waals surface area contributed by atoms with Crippen molar-refractivity contribution in [2.24, 2.45) is 0 Å². The van der Waals surface area contributed by atoms with Crippen LogP contribution in [-0.2, 0) is 9.59 Å². The van der Waals surface area contributed by atoms with Gasteiger partial charge >= 0.3 is 0 Å². The molecule has 2 amide bonds. The van der Waals surface area contributed by atoms with Gasteiger partial charge in [-0.3, -0.25) is 9.59 Å². The first kappa shape index (κ1) is 13.9. The quantitative estimate of drug-likeness (QED) is 0.668. The first-order valence-electron chi connectivity index (χ1n) is 6.73. The largest absolute Gasteiger partial charge is 0.508 e. The molecule has 0 bridgehead atoms. The minimum absolute atomic E-state index is 0.0910. The minimum atomic E-state index is -0.790. The number of carbonyl (C=O) groups is 2. The van der Waals surface area contributed by atoms with Crippen molar-refractivity contribution in [1.82, 2.24) is 10.6 Å². The number of phenols is 2. The summed E-state index contributed by atoms with van der Waals surface area (Å²) in [6.45, 7) is 0. The van der Waals surface area contributed by atoms with Crippen LogP contribution >= 0.6 is 0 Å². The van der Waals surface area contributed by atoms with E-state index in [1.165, 1.54) is 24.3 Å². The Morgan fingerprint density at radius 3 is 1.27 bits per heavy atom. The summed E-state index contributed by atoms with van der Waals surface area (Å²) in [6.07, 6.45) is 0. The van der Waals surface area contributed by atoms with Crippen molar-refractivity contribution in [3.63, 3.8) is 0 Å². The van der Waals surface area contributed by atoms with Gasteiger partial charge < -0.3 is 20.8 Å². The summed E-state index contributed by atoms with van der Waals surface area (Å²) in [4.78, 5) is 24.5. The molecule has 2 atom stereocenters. The smallest absolute Gasteiger partial charge is 0.248 e. The van der Waals surface area contributed by atoms with Crippen LogP contribution < -0.4 is 10.6 Å². The third-order valence-corrected chi connectivity index (χ3v) is 3.55. The number of hydrogen-bond donors (Lipinski definition) is 4. The highest BCUT2D eigenvalue weighted by Gasteiger charge is 2.35. The maximum atomic E-state index is 12.2. The van der Waals surface area contributed by atoms with Crippen LogP contribution in [0.5, 0.6) is 11.5 Å². The fraction of sp³-hybridized carbons (Fsp3) is 0.125. The van der Waals surface area contributed by atoms with E-state index >= 15 is 0 Å².